The number of rotatable bonds is 7. The van der Waals surface area contributed by atoms with Crippen LogP contribution in [0.25, 0.3) is 0 Å². The van der Waals surface area contributed by atoms with Crippen LogP contribution in [0.3, 0.4) is 0 Å². The van der Waals surface area contributed by atoms with Gasteiger partial charge in [-0.15, -0.1) is 0 Å². The molecule has 84 valence electrons. The van der Waals surface area contributed by atoms with Gasteiger partial charge in [-0.25, -0.2) is 4.79 Å². The topological polar surface area (TPSA) is 89.8 Å². The highest BCUT2D eigenvalue weighted by Gasteiger charge is 2.28. The molecule has 0 spiro atoms. The molecule has 0 heterocycles. The Hall–Kier alpha value is -0.650. The molecule has 0 bridgehead atoms. The zero-order valence-corrected chi connectivity index (χ0v) is 8.66. The lowest BCUT2D eigenvalue weighted by atomic mass is 10.1. The zero-order valence-electron chi connectivity index (χ0n) is 8.66. The number of carboxylic acid groups (broad SMARTS) is 1. The van der Waals surface area contributed by atoms with Gasteiger partial charge < -0.3 is 20.6 Å². The van der Waals surface area contributed by atoms with Crippen molar-refractivity contribution in [2.75, 3.05) is 13.1 Å². The minimum absolute atomic E-state index is 0.0151. The van der Waals surface area contributed by atoms with Crippen molar-refractivity contribution in [1.29, 1.82) is 0 Å². The Bertz CT molecular complexity index is 182. The lowest BCUT2D eigenvalue weighted by molar-refractivity contribution is -0.156. The summed E-state index contributed by atoms with van der Waals surface area (Å²) in [4.78, 5) is 10.5. The van der Waals surface area contributed by atoms with Crippen LogP contribution >= 0.6 is 0 Å². The number of aliphatic carboxylic acids is 1. The fourth-order valence-corrected chi connectivity index (χ4v) is 0.880. The number of aliphatic hydroxyl groups excluding tert-OH is 1. The van der Waals surface area contributed by atoms with E-state index in [0.29, 0.717) is 19.4 Å². The van der Waals surface area contributed by atoms with Crippen molar-refractivity contribution in [3.05, 3.63) is 0 Å². The standard InChI is InChI=1S/C9H19NO4/c1-3-7(11)4-5-10-6-9(2,14)8(12)13/h7,10-11,14H,3-6H2,1-2H3,(H,12,13). The fourth-order valence-electron chi connectivity index (χ4n) is 0.880. The highest BCUT2D eigenvalue weighted by atomic mass is 16.4. The predicted molar refractivity (Wildman–Crippen MR) is 52.0 cm³/mol. The highest BCUT2D eigenvalue weighted by Crippen LogP contribution is 2.01. The van der Waals surface area contributed by atoms with Crippen molar-refractivity contribution in [2.24, 2.45) is 0 Å². The van der Waals surface area contributed by atoms with Gasteiger partial charge in [0.25, 0.3) is 0 Å². The normalized spacial score (nSPS) is 17.4. The number of aliphatic hydroxyl groups is 2. The van der Waals surface area contributed by atoms with Crippen LogP contribution in [-0.4, -0.2) is 46.1 Å². The molecule has 14 heavy (non-hydrogen) atoms. The largest absolute Gasteiger partial charge is 0.479 e. The number of hydrogen-bond acceptors (Lipinski definition) is 4. The van der Waals surface area contributed by atoms with Crippen molar-refractivity contribution in [3.8, 4) is 0 Å². The van der Waals surface area contributed by atoms with Crippen molar-refractivity contribution in [1.82, 2.24) is 5.32 Å². The summed E-state index contributed by atoms with van der Waals surface area (Å²) < 4.78 is 0. The molecular weight excluding hydrogens is 186 g/mol. The minimum atomic E-state index is -1.74. The van der Waals surface area contributed by atoms with Gasteiger partial charge in [-0.3, -0.25) is 0 Å². The molecule has 0 saturated heterocycles. The molecule has 0 aromatic heterocycles. The van der Waals surface area contributed by atoms with Gasteiger partial charge in [0.1, 0.15) is 0 Å². The molecule has 0 rings (SSSR count). The van der Waals surface area contributed by atoms with E-state index in [-0.39, 0.29) is 12.6 Å². The second-order valence-corrected chi connectivity index (χ2v) is 3.61. The summed E-state index contributed by atoms with van der Waals surface area (Å²) in [5.41, 5.74) is -1.74. The van der Waals surface area contributed by atoms with Gasteiger partial charge in [0.05, 0.1) is 6.10 Å². The quantitative estimate of drug-likeness (QED) is 0.424. The van der Waals surface area contributed by atoms with E-state index in [1.807, 2.05) is 6.92 Å². The predicted octanol–water partition coefficient (Wildman–Crippen LogP) is -0.427. The van der Waals surface area contributed by atoms with Gasteiger partial charge in [0.2, 0.25) is 0 Å². The molecule has 4 N–H and O–H groups in total. The number of carboxylic acids is 1. The van der Waals surface area contributed by atoms with Gasteiger partial charge in [0, 0.05) is 6.54 Å². The first-order valence-corrected chi connectivity index (χ1v) is 4.74. The third-order valence-electron chi connectivity index (χ3n) is 2.06. The van der Waals surface area contributed by atoms with Gasteiger partial charge in [0.15, 0.2) is 5.60 Å². The maximum Gasteiger partial charge on any atom is 0.336 e. The molecule has 5 heteroatoms. The molecule has 0 aliphatic rings. The summed E-state index contributed by atoms with van der Waals surface area (Å²) in [6.45, 7) is 3.59. The maximum atomic E-state index is 10.5. The second kappa shape index (κ2) is 5.95. The van der Waals surface area contributed by atoms with Crippen LogP contribution in [0.15, 0.2) is 0 Å². The lowest BCUT2D eigenvalue weighted by Gasteiger charge is -2.18. The summed E-state index contributed by atoms with van der Waals surface area (Å²) in [5, 5.41) is 29.8. The second-order valence-electron chi connectivity index (χ2n) is 3.61. The van der Waals surface area contributed by atoms with Crippen molar-refractivity contribution >= 4 is 5.97 Å². The summed E-state index contributed by atoms with van der Waals surface area (Å²) in [6.07, 6.45) is 0.876. The van der Waals surface area contributed by atoms with E-state index in [4.69, 9.17) is 5.11 Å². The third kappa shape index (κ3) is 5.16. The Balaban J connectivity index is 3.59. The molecule has 2 unspecified atom stereocenters. The van der Waals surface area contributed by atoms with Crippen LogP contribution in [0.1, 0.15) is 26.7 Å². The van der Waals surface area contributed by atoms with Crippen molar-refractivity contribution in [2.45, 2.75) is 38.4 Å². The Kier molecular flexibility index (Phi) is 5.68. The van der Waals surface area contributed by atoms with Gasteiger partial charge >= 0.3 is 5.97 Å². The van der Waals surface area contributed by atoms with Gasteiger partial charge in [-0.1, -0.05) is 6.92 Å². The van der Waals surface area contributed by atoms with Crippen LogP contribution < -0.4 is 5.32 Å². The summed E-state index contributed by atoms with van der Waals surface area (Å²) in [6, 6.07) is 0. The van der Waals surface area contributed by atoms with E-state index in [1.54, 1.807) is 0 Å². The number of nitrogens with one attached hydrogen (secondary N) is 1. The van der Waals surface area contributed by atoms with E-state index in [2.05, 4.69) is 5.32 Å². The molecule has 0 amide bonds. The van der Waals surface area contributed by atoms with E-state index < -0.39 is 11.6 Å². The molecule has 5 nitrogen and oxygen atoms in total. The van der Waals surface area contributed by atoms with E-state index >= 15 is 0 Å². The molecule has 0 aromatic carbocycles. The lowest BCUT2D eigenvalue weighted by Crippen LogP contribution is -2.45. The Morgan fingerprint density at radius 3 is 2.57 bits per heavy atom. The van der Waals surface area contributed by atoms with Gasteiger partial charge in [-0.2, -0.15) is 0 Å². The number of hydrogen-bond donors (Lipinski definition) is 4. The first-order valence-electron chi connectivity index (χ1n) is 4.74. The monoisotopic (exact) mass is 205 g/mol. The first-order chi connectivity index (χ1) is 6.40. The smallest absolute Gasteiger partial charge is 0.336 e. The molecule has 0 saturated carbocycles. The van der Waals surface area contributed by atoms with E-state index in [9.17, 15) is 15.0 Å². The highest BCUT2D eigenvalue weighted by molar-refractivity contribution is 5.76. The van der Waals surface area contributed by atoms with Crippen LogP contribution in [0, 0.1) is 0 Å². The van der Waals surface area contributed by atoms with E-state index in [0.717, 1.165) is 0 Å². The number of carbonyl (C=O) groups is 1. The zero-order chi connectivity index (χ0) is 11.2. The summed E-state index contributed by atoms with van der Waals surface area (Å²) in [7, 11) is 0. The average Bonchev–Trinajstić information content (AvgIpc) is 2.11. The van der Waals surface area contributed by atoms with Crippen LogP contribution in [0.2, 0.25) is 0 Å². The maximum absolute atomic E-state index is 10.5. The SMILES string of the molecule is CCC(O)CCNCC(C)(O)C(=O)O. The molecule has 0 aliphatic heterocycles. The minimum Gasteiger partial charge on any atom is -0.479 e. The molecule has 0 aliphatic carbocycles. The van der Waals surface area contributed by atoms with Crippen LogP contribution in [0.4, 0.5) is 0 Å². The van der Waals surface area contributed by atoms with E-state index in [1.165, 1.54) is 6.92 Å². The van der Waals surface area contributed by atoms with Crippen molar-refractivity contribution in [3.63, 3.8) is 0 Å². The molecule has 0 radical (unpaired) electrons. The van der Waals surface area contributed by atoms with Crippen LogP contribution in [0.5, 0.6) is 0 Å². The van der Waals surface area contributed by atoms with Crippen LogP contribution in [-0.2, 0) is 4.79 Å². The molecule has 0 fully saturated rings. The first kappa shape index (κ1) is 13.4. The molecule has 2 atom stereocenters. The Morgan fingerprint density at radius 2 is 2.14 bits per heavy atom. The molecular formula is C9H19NO4. The average molecular weight is 205 g/mol. The van der Waals surface area contributed by atoms with Crippen molar-refractivity contribution < 1.29 is 20.1 Å². The Labute approximate surface area is 83.8 Å². The fraction of sp³-hybridized carbons (Fsp3) is 0.889. The summed E-state index contributed by atoms with van der Waals surface area (Å²) >= 11 is 0. The van der Waals surface area contributed by atoms with Gasteiger partial charge in [-0.05, 0) is 26.3 Å². The third-order valence-corrected chi connectivity index (χ3v) is 2.06. The molecule has 0 aromatic rings. The Morgan fingerprint density at radius 1 is 1.57 bits per heavy atom. The summed E-state index contributed by atoms with van der Waals surface area (Å²) in [5.74, 6) is -1.25.